The van der Waals surface area contributed by atoms with Crippen molar-refractivity contribution in [3.05, 3.63) is 60.2 Å². The van der Waals surface area contributed by atoms with Crippen LogP contribution < -0.4 is 10.5 Å². The zero-order valence-electron chi connectivity index (χ0n) is 19.0. The minimum Gasteiger partial charge on any atom is -0.457 e. The largest absolute Gasteiger partial charge is 0.457 e. The highest BCUT2D eigenvalue weighted by Crippen LogP contribution is 2.60. The van der Waals surface area contributed by atoms with Gasteiger partial charge in [0.2, 0.25) is 0 Å². The number of ether oxygens (including phenoxy) is 2. The number of nitrogens with two attached hydrogens (primary N) is 1. The molecule has 7 heteroatoms. The van der Waals surface area contributed by atoms with Gasteiger partial charge in [0.15, 0.2) is 12.7 Å². The Labute approximate surface area is 200 Å². The molecule has 0 bridgehead atoms. The number of carbonyl (C=O) groups is 1. The molecule has 0 radical (unpaired) electrons. The predicted octanol–water partition coefficient (Wildman–Crippen LogP) is 5.04. The van der Waals surface area contributed by atoms with Gasteiger partial charge in [-0.1, -0.05) is 67.5 Å². The maximum Gasteiger partial charge on any atom is 0.310 e. The van der Waals surface area contributed by atoms with Gasteiger partial charge in [0.05, 0.1) is 11.6 Å². The molecule has 33 heavy (non-hydrogen) atoms. The zero-order valence-corrected chi connectivity index (χ0v) is 19.8. The van der Waals surface area contributed by atoms with E-state index in [1.165, 1.54) is 0 Å². The van der Waals surface area contributed by atoms with Crippen molar-refractivity contribution in [3.63, 3.8) is 0 Å². The second-order valence-corrected chi connectivity index (χ2v) is 9.09. The van der Waals surface area contributed by atoms with Crippen LogP contribution in [0.15, 0.2) is 59.8 Å². The number of esters is 1. The minimum atomic E-state index is -0.849. The molecule has 0 amide bonds. The van der Waals surface area contributed by atoms with Gasteiger partial charge in [0.1, 0.15) is 16.5 Å². The number of nitrogens with zero attached hydrogens (tertiary/aromatic N) is 1. The number of thiocarbonyl (C=S) groups is 1. The smallest absolute Gasteiger partial charge is 0.310 e. The van der Waals surface area contributed by atoms with E-state index in [0.29, 0.717) is 23.5 Å². The topological polar surface area (TPSA) is 83.1 Å². The van der Waals surface area contributed by atoms with Crippen molar-refractivity contribution in [1.29, 1.82) is 0 Å². The average molecular weight is 465 g/mol. The molecule has 6 nitrogen and oxygen atoms in total. The number of rotatable bonds is 10. The first-order chi connectivity index (χ1) is 15.7. The summed E-state index contributed by atoms with van der Waals surface area (Å²) in [6.45, 7) is 6.02. The van der Waals surface area contributed by atoms with Crippen molar-refractivity contribution < 1.29 is 19.1 Å². The second kappa shape index (κ2) is 10.5. The molecule has 1 saturated carbocycles. The molecule has 3 rings (SSSR count). The Hall–Kier alpha value is -3.37. The number of benzene rings is 2. The first kappa shape index (κ1) is 24.3. The highest BCUT2D eigenvalue weighted by atomic mass is 32.1. The van der Waals surface area contributed by atoms with Crippen LogP contribution in [0.5, 0.6) is 11.5 Å². The normalized spacial score (nSPS) is 19.6. The molecule has 1 aliphatic carbocycles. The summed E-state index contributed by atoms with van der Waals surface area (Å²) < 4.78 is 11.7. The van der Waals surface area contributed by atoms with Crippen molar-refractivity contribution in [2.75, 3.05) is 6.61 Å². The van der Waals surface area contributed by atoms with E-state index in [0.717, 1.165) is 5.71 Å². The zero-order chi connectivity index (χ0) is 24.0. The van der Waals surface area contributed by atoms with E-state index in [9.17, 15) is 4.79 Å². The summed E-state index contributed by atoms with van der Waals surface area (Å²) in [5.41, 5.74) is 7.14. The maximum absolute atomic E-state index is 13.1. The highest BCUT2D eigenvalue weighted by Gasteiger charge is 2.62. The maximum atomic E-state index is 13.1. The summed E-state index contributed by atoms with van der Waals surface area (Å²) in [5.74, 6) is 3.10. The number of hydrogen-bond acceptors (Lipinski definition) is 6. The van der Waals surface area contributed by atoms with Crippen molar-refractivity contribution in [3.8, 4) is 23.8 Å². The van der Waals surface area contributed by atoms with Crippen LogP contribution in [0.25, 0.3) is 0 Å². The molecular weight excluding hydrogens is 436 g/mol. The Balaban J connectivity index is 1.69. The standard InChI is InChI=1S/C26H28N2O4S/c1-5-14-30-28-17(2)15-21-22(26(21,3)4)25(29)32-23(24(27)33)18-10-9-13-20(16-18)31-19-11-7-6-8-12-19/h1,6-13,16,21-23H,14-15H2,2-4H3,(H2,27,33). The molecule has 2 N–H and O–H groups in total. The molecule has 0 heterocycles. The molecule has 2 aromatic carbocycles. The van der Waals surface area contributed by atoms with Gasteiger partial charge in [0, 0.05) is 5.56 Å². The predicted molar refractivity (Wildman–Crippen MR) is 132 cm³/mol. The van der Waals surface area contributed by atoms with E-state index in [2.05, 4.69) is 11.1 Å². The lowest BCUT2D eigenvalue weighted by Crippen LogP contribution is -2.26. The van der Waals surface area contributed by atoms with Crippen LogP contribution in [0.4, 0.5) is 0 Å². The number of hydrogen-bond donors (Lipinski definition) is 1. The van der Waals surface area contributed by atoms with Crippen molar-refractivity contribution in [1.82, 2.24) is 0 Å². The van der Waals surface area contributed by atoms with Crippen LogP contribution in [0.1, 0.15) is 38.9 Å². The van der Waals surface area contributed by atoms with Crippen LogP contribution in [-0.2, 0) is 14.4 Å². The molecule has 0 saturated heterocycles. The van der Waals surface area contributed by atoms with Gasteiger partial charge in [-0.05, 0) is 48.9 Å². The first-order valence-corrected chi connectivity index (χ1v) is 11.1. The molecule has 3 atom stereocenters. The lowest BCUT2D eigenvalue weighted by atomic mass is 10.1. The van der Waals surface area contributed by atoms with Crippen LogP contribution >= 0.6 is 12.2 Å². The molecule has 172 valence electrons. The number of oxime groups is 1. The average Bonchev–Trinajstić information content (AvgIpc) is 3.32. The van der Waals surface area contributed by atoms with E-state index in [1.54, 1.807) is 6.07 Å². The van der Waals surface area contributed by atoms with Gasteiger partial charge in [-0.3, -0.25) is 4.79 Å². The molecule has 0 aliphatic heterocycles. The lowest BCUT2D eigenvalue weighted by molar-refractivity contribution is -0.149. The molecule has 3 unspecified atom stereocenters. The van der Waals surface area contributed by atoms with Gasteiger partial charge in [-0.25, -0.2) is 0 Å². The van der Waals surface area contributed by atoms with Crippen LogP contribution in [0.3, 0.4) is 0 Å². The number of carbonyl (C=O) groups excluding carboxylic acids is 1. The third-order valence-corrected chi connectivity index (χ3v) is 6.03. The van der Waals surface area contributed by atoms with E-state index in [-0.39, 0.29) is 34.8 Å². The van der Waals surface area contributed by atoms with Gasteiger partial charge in [0.25, 0.3) is 0 Å². The lowest BCUT2D eigenvalue weighted by Gasteiger charge is -2.18. The fourth-order valence-electron chi connectivity index (χ4n) is 3.97. The van der Waals surface area contributed by atoms with Crippen LogP contribution in [0, 0.1) is 29.6 Å². The molecule has 0 spiro atoms. The third-order valence-electron chi connectivity index (χ3n) is 5.82. The van der Waals surface area contributed by atoms with Gasteiger partial charge in [-0.2, -0.15) is 0 Å². The van der Waals surface area contributed by atoms with Crippen LogP contribution in [0.2, 0.25) is 0 Å². The Kier molecular flexibility index (Phi) is 7.72. The van der Waals surface area contributed by atoms with Gasteiger partial charge >= 0.3 is 5.97 Å². The van der Waals surface area contributed by atoms with E-state index in [1.807, 2.05) is 69.3 Å². The van der Waals surface area contributed by atoms with E-state index < -0.39 is 6.10 Å². The molecular formula is C26H28N2O4S. The fourth-order valence-corrected chi connectivity index (χ4v) is 4.16. The summed E-state index contributed by atoms with van der Waals surface area (Å²) in [5, 5.41) is 4.00. The Morgan fingerprint density at radius 2 is 1.91 bits per heavy atom. The Morgan fingerprint density at radius 3 is 2.58 bits per heavy atom. The molecule has 2 aromatic rings. The quantitative estimate of drug-likeness (QED) is 0.132. The summed E-state index contributed by atoms with van der Waals surface area (Å²) in [7, 11) is 0. The van der Waals surface area contributed by atoms with Gasteiger partial charge < -0.3 is 20.0 Å². The van der Waals surface area contributed by atoms with Crippen molar-refractivity contribution in [2.45, 2.75) is 33.3 Å². The van der Waals surface area contributed by atoms with Crippen molar-refractivity contribution >= 4 is 28.9 Å². The van der Waals surface area contributed by atoms with E-state index in [4.69, 9.17) is 38.7 Å². The summed E-state index contributed by atoms with van der Waals surface area (Å²) in [6, 6.07) is 16.6. The van der Waals surface area contributed by atoms with Gasteiger partial charge in [-0.15, -0.1) is 6.42 Å². The number of terminal acetylenes is 1. The highest BCUT2D eigenvalue weighted by molar-refractivity contribution is 7.80. The SMILES string of the molecule is C#CCON=C(C)CC1C(C(=O)OC(C(N)=S)c2cccc(Oc3ccccc3)c2)C1(C)C. The molecule has 0 aromatic heterocycles. The summed E-state index contributed by atoms with van der Waals surface area (Å²) >= 11 is 5.22. The second-order valence-electron chi connectivity index (χ2n) is 8.62. The fraction of sp³-hybridized carbons (Fsp3) is 0.346. The number of para-hydroxylation sites is 1. The summed E-state index contributed by atoms with van der Waals surface area (Å²) in [6.07, 6.45) is 4.92. The van der Waals surface area contributed by atoms with E-state index >= 15 is 0 Å². The Morgan fingerprint density at radius 1 is 1.21 bits per heavy atom. The Bertz CT molecular complexity index is 1080. The summed E-state index contributed by atoms with van der Waals surface area (Å²) in [4.78, 5) is 18.2. The minimum absolute atomic E-state index is 0.0722. The monoisotopic (exact) mass is 464 g/mol. The van der Waals surface area contributed by atoms with Crippen molar-refractivity contribution in [2.24, 2.45) is 28.1 Å². The van der Waals surface area contributed by atoms with Crippen LogP contribution in [-0.4, -0.2) is 23.3 Å². The molecule has 1 aliphatic rings. The first-order valence-electron chi connectivity index (χ1n) is 10.7. The molecule has 1 fully saturated rings. The third kappa shape index (κ3) is 6.11.